The van der Waals surface area contributed by atoms with Gasteiger partial charge in [-0.1, -0.05) is 0 Å². The molecule has 1 saturated carbocycles. The maximum atomic E-state index is 10.1. The number of nitrogens with two attached hydrogens (primary N) is 1. The first kappa shape index (κ1) is 9.28. The van der Waals surface area contributed by atoms with Crippen LogP contribution in [0.3, 0.4) is 0 Å². The number of amides is 1. The lowest BCUT2D eigenvalue weighted by Gasteiger charge is -2.08. The van der Waals surface area contributed by atoms with E-state index in [1.54, 1.807) is 0 Å². The summed E-state index contributed by atoms with van der Waals surface area (Å²) in [6.07, 6.45) is 1.93. The Hall–Kier alpha value is -0.810. The van der Waals surface area contributed by atoms with Crippen LogP contribution in [0.25, 0.3) is 0 Å². The van der Waals surface area contributed by atoms with Crippen LogP contribution in [0.1, 0.15) is 19.3 Å². The maximum absolute atomic E-state index is 10.1. The monoisotopic (exact) mass is 174 g/mol. The van der Waals surface area contributed by atoms with Gasteiger partial charge >= 0.3 is 6.09 Å². The molecule has 0 aromatic rings. The van der Waals surface area contributed by atoms with Crippen molar-refractivity contribution in [2.24, 2.45) is 11.8 Å². The summed E-state index contributed by atoms with van der Waals surface area (Å²) >= 11 is 0. The van der Waals surface area contributed by atoms with Crippen molar-refractivity contribution in [1.82, 2.24) is 5.32 Å². The molecule has 0 aromatic heterocycles. The number of hydrogen-bond acceptors (Lipinski definition) is 3. The summed E-state index contributed by atoms with van der Waals surface area (Å²) in [7, 11) is 0. The minimum Gasteiger partial charge on any atom is -0.465 e. The molecule has 0 saturated heterocycles. The van der Waals surface area contributed by atoms with Crippen LogP contribution in [0.15, 0.2) is 0 Å². The Kier molecular flexibility index (Phi) is 3.31. The van der Waals surface area contributed by atoms with Crippen molar-refractivity contribution in [1.29, 1.82) is 0 Å². The highest BCUT2D eigenvalue weighted by molar-refractivity contribution is 5.64. The standard InChI is InChI=1S/C7H14N2O3/c8-12-6-2-1-5(3-6)4-9-7(10)11/h5-6,9H,1-4,8H2,(H,10,11). The second-order valence-electron chi connectivity index (χ2n) is 3.12. The van der Waals surface area contributed by atoms with E-state index < -0.39 is 6.09 Å². The molecule has 5 nitrogen and oxygen atoms in total. The van der Waals surface area contributed by atoms with Gasteiger partial charge in [0.1, 0.15) is 0 Å². The largest absolute Gasteiger partial charge is 0.465 e. The van der Waals surface area contributed by atoms with E-state index in [0.29, 0.717) is 12.5 Å². The van der Waals surface area contributed by atoms with E-state index in [4.69, 9.17) is 11.0 Å². The molecule has 5 heteroatoms. The quantitative estimate of drug-likeness (QED) is 0.538. The molecule has 2 unspecified atom stereocenters. The van der Waals surface area contributed by atoms with Crippen molar-refractivity contribution in [3.63, 3.8) is 0 Å². The molecule has 0 radical (unpaired) electrons. The Labute approximate surface area is 70.8 Å². The summed E-state index contributed by atoms with van der Waals surface area (Å²) in [4.78, 5) is 14.8. The Morgan fingerprint density at radius 2 is 2.42 bits per heavy atom. The molecule has 1 fully saturated rings. The summed E-state index contributed by atoms with van der Waals surface area (Å²) in [5, 5.41) is 10.7. The van der Waals surface area contributed by atoms with E-state index in [1.807, 2.05) is 0 Å². The van der Waals surface area contributed by atoms with Crippen molar-refractivity contribution < 1.29 is 14.7 Å². The molecule has 1 aliphatic carbocycles. The summed E-state index contributed by atoms with van der Waals surface area (Å²) in [6, 6.07) is 0. The fraction of sp³-hybridized carbons (Fsp3) is 0.857. The molecular weight excluding hydrogens is 160 g/mol. The van der Waals surface area contributed by atoms with Gasteiger partial charge in [0.05, 0.1) is 6.10 Å². The van der Waals surface area contributed by atoms with Crippen LogP contribution in [0.2, 0.25) is 0 Å². The van der Waals surface area contributed by atoms with Crippen molar-refractivity contribution in [2.75, 3.05) is 6.54 Å². The molecule has 0 spiro atoms. The van der Waals surface area contributed by atoms with Crippen molar-refractivity contribution in [3.8, 4) is 0 Å². The smallest absolute Gasteiger partial charge is 0.404 e. The lowest BCUT2D eigenvalue weighted by atomic mass is 10.1. The zero-order valence-electron chi connectivity index (χ0n) is 6.82. The van der Waals surface area contributed by atoms with Gasteiger partial charge in [-0.05, 0) is 25.2 Å². The first-order valence-electron chi connectivity index (χ1n) is 4.04. The molecule has 70 valence electrons. The SMILES string of the molecule is NOC1CCC(CNC(=O)O)C1. The van der Waals surface area contributed by atoms with Gasteiger partial charge in [-0.3, -0.25) is 0 Å². The summed E-state index contributed by atoms with van der Waals surface area (Å²) in [6.45, 7) is 0.509. The van der Waals surface area contributed by atoms with Gasteiger partial charge < -0.3 is 15.3 Å². The van der Waals surface area contributed by atoms with E-state index >= 15 is 0 Å². The highest BCUT2D eigenvalue weighted by Crippen LogP contribution is 2.26. The highest BCUT2D eigenvalue weighted by atomic mass is 16.6. The predicted molar refractivity (Wildman–Crippen MR) is 42.4 cm³/mol. The van der Waals surface area contributed by atoms with Gasteiger partial charge in [0.15, 0.2) is 0 Å². The number of nitrogens with one attached hydrogen (secondary N) is 1. The highest BCUT2D eigenvalue weighted by Gasteiger charge is 2.24. The van der Waals surface area contributed by atoms with Crippen LogP contribution < -0.4 is 11.2 Å². The van der Waals surface area contributed by atoms with E-state index in [-0.39, 0.29) is 6.10 Å². The Morgan fingerprint density at radius 1 is 1.67 bits per heavy atom. The van der Waals surface area contributed by atoms with Gasteiger partial charge in [0.25, 0.3) is 0 Å². The molecule has 4 N–H and O–H groups in total. The molecule has 12 heavy (non-hydrogen) atoms. The number of rotatable bonds is 3. The van der Waals surface area contributed by atoms with Crippen molar-refractivity contribution in [2.45, 2.75) is 25.4 Å². The third-order valence-electron chi connectivity index (χ3n) is 2.23. The van der Waals surface area contributed by atoms with Gasteiger partial charge in [-0.25, -0.2) is 10.7 Å². The number of hydrogen-bond donors (Lipinski definition) is 3. The average molecular weight is 174 g/mol. The lowest BCUT2D eigenvalue weighted by molar-refractivity contribution is 0.0558. The van der Waals surface area contributed by atoms with Crippen LogP contribution in [-0.4, -0.2) is 23.8 Å². The predicted octanol–water partition coefficient (Wildman–Crippen LogP) is 0.313. The normalized spacial score (nSPS) is 28.8. The third kappa shape index (κ3) is 2.67. The van der Waals surface area contributed by atoms with E-state index in [0.717, 1.165) is 19.3 Å². The van der Waals surface area contributed by atoms with E-state index in [2.05, 4.69) is 10.2 Å². The zero-order chi connectivity index (χ0) is 8.97. The summed E-state index contributed by atoms with van der Waals surface area (Å²) < 4.78 is 0. The lowest BCUT2D eigenvalue weighted by Crippen LogP contribution is -2.27. The topological polar surface area (TPSA) is 84.6 Å². The molecule has 0 aromatic carbocycles. The molecule has 0 heterocycles. The molecule has 1 aliphatic rings. The minimum absolute atomic E-state index is 0.116. The fourth-order valence-electron chi connectivity index (χ4n) is 1.57. The summed E-state index contributed by atoms with van der Waals surface area (Å²) in [5.74, 6) is 5.40. The molecule has 2 atom stereocenters. The first-order valence-corrected chi connectivity index (χ1v) is 4.04. The number of carboxylic acid groups (broad SMARTS) is 1. The second kappa shape index (κ2) is 4.27. The van der Waals surface area contributed by atoms with Crippen LogP contribution in [0, 0.1) is 5.92 Å². The first-order chi connectivity index (χ1) is 5.72. The van der Waals surface area contributed by atoms with E-state index in [1.165, 1.54) is 0 Å². The Bertz CT molecular complexity index is 163. The van der Waals surface area contributed by atoms with Gasteiger partial charge in [0.2, 0.25) is 0 Å². The van der Waals surface area contributed by atoms with E-state index in [9.17, 15) is 4.79 Å². The van der Waals surface area contributed by atoms with Gasteiger partial charge in [0, 0.05) is 6.54 Å². The molecule has 1 rings (SSSR count). The van der Waals surface area contributed by atoms with Gasteiger partial charge in [-0.15, -0.1) is 0 Å². The van der Waals surface area contributed by atoms with Gasteiger partial charge in [-0.2, -0.15) is 0 Å². The summed E-state index contributed by atoms with van der Waals surface area (Å²) in [5.41, 5.74) is 0. The third-order valence-corrected chi connectivity index (χ3v) is 2.23. The minimum atomic E-state index is -0.966. The Balaban J connectivity index is 2.15. The fourth-order valence-corrected chi connectivity index (χ4v) is 1.57. The maximum Gasteiger partial charge on any atom is 0.404 e. The van der Waals surface area contributed by atoms with Crippen molar-refractivity contribution in [3.05, 3.63) is 0 Å². The number of carbonyl (C=O) groups is 1. The second-order valence-corrected chi connectivity index (χ2v) is 3.12. The zero-order valence-corrected chi connectivity index (χ0v) is 6.82. The van der Waals surface area contributed by atoms with Crippen LogP contribution in [-0.2, 0) is 4.84 Å². The molecule has 1 amide bonds. The van der Waals surface area contributed by atoms with Crippen LogP contribution in [0.5, 0.6) is 0 Å². The molecular formula is C7H14N2O3. The average Bonchev–Trinajstić information content (AvgIpc) is 2.48. The Morgan fingerprint density at radius 3 is 2.92 bits per heavy atom. The molecule has 0 aliphatic heterocycles. The van der Waals surface area contributed by atoms with Crippen LogP contribution >= 0.6 is 0 Å². The van der Waals surface area contributed by atoms with Crippen molar-refractivity contribution >= 4 is 6.09 Å². The molecule has 0 bridgehead atoms. The van der Waals surface area contributed by atoms with Crippen LogP contribution in [0.4, 0.5) is 4.79 Å².